The van der Waals surface area contributed by atoms with Crippen LogP contribution in [0.3, 0.4) is 0 Å². The van der Waals surface area contributed by atoms with Gasteiger partial charge in [-0.05, 0) is 144 Å². The van der Waals surface area contributed by atoms with E-state index in [-0.39, 0.29) is 105 Å². The number of nitrogens with two attached hydrogens (primary N) is 2. The number of ketones is 3. The maximum absolute atomic E-state index is 15.0. The third-order valence-electron chi connectivity index (χ3n) is 24.5. The maximum atomic E-state index is 15.0. The molecule has 704 valence electrons. The number of aliphatic hydroxyl groups is 2. The number of nitrogens with one attached hydrogen (secondary N) is 1. The first-order valence-corrected chi connectivity index (χ1v) is 45.2. The van der Waals surface area contributed by atoms with Crippen LogP contribution in [0.4, 0.5) is 11.8 Å². The average molecular weight is 1780 g/mol. The van der Waals surface area contributed by atoms with Gasteiger partial charge in [0.05, 0.1) is 115 Å². The Labute approximate surface area is 745 Å². The molecule has 3 aliphatic heterocycles. The van der Waals surface area contributed by atoms with Crippen molar-refractivity contribution in [1.29, 1.82) is 0 Å². The number of carbonyl (C=O) groups excluding carboxylic acids is 7. The summed E-state index contributed by atoms with van der Waals surface area (Å²) in [7, 11) is 6.23. The molecule has 7 heterocycles. The number of anilines is 2. The summed E-state index contributed by atoms with van der Waals surface area (Å²) in [4.78, 5) is 110. The van der Waals surface area contributed by atoms with Gasteiger partial charge in [0.15, 0.2) is 17.0 Å². The fourth-order valence-corrected chi connectivity index (χ4v) is 17.1. The number of unbranched alkanes of at least 4 members (excludes halogenated alkanes) is 2. The Hall–Kier alpha value is -8.69. The fraction of sp³-hybridized carbons (Fsp3) is 0.685. The Morgan fingerprint density at radius 2 is 1.44 bits per heavy atom. The predicted octanol–water partition coefficient (Wildman–Crippen LogP) is 9.86. The van der Waals surface area contributed by atoms with Crippen molar-refractivity contribution < 1.29 is 110 Å². The van der Waals surface area contributed by atoms with Crippen LogP contribution in [0.25, 0.3) is 33.4 Å². The monoisotopic (exact) mass is 1780 g/mol. The van der Waals surface area contributed by atoms with Gasteiger partial charge in [-0.2, -0.15) is 10.1 Å². The van der Waals surface area contributed by atoms with Gasteiger partial charge >= 0.3 is 11.9 Å². The zero-order valence-corrected chi connectivity index (χ0v) is 76.1. The third-order valence-corrected chi connectivity index (χ3v) is 24.5. The lowest BCUT2D eigenvalue weighted by Gasteiger charge is -2.43. The van der Waals surface area contributed by atoms with Crippen LogP contribution in [0.1, 0.15) is 189 Å². The number of allylic oxidation sites excluding steroid dienone is 5. The molecule has 1 aromatic carbocycles. The fourth-order valence-electron chi connectivity index (χ4n) is 17.1. The summed E-state index contributed by atoms with van der Waals surface area (Å²) in [5.74, 6) is -7.36. The number of aliphatic hydroxyl groups excluding tert-OH is 1. The van der Waals surface area contributed by atoms with Crippen LogP contribution in [-0.4, -0.2) is 271 Å². The molecule has 35 nitrogen and oxygen atoms in total. The molecule has 1 saturated carbocycles. The molecule has 5 aromatic rings. The number of hydrogen-bond acceptors (Lipinski definition) is 31. The number of cyclic esters (lactones) is 1. The van der Waals surface area contributed by atoms with E-state index < -0.39 is 83.9 Å². The van der Waals surface area contributed by atoms with Crippen molar-refractivity contribution in [3.63, 3.8) is 0 Å². The molecule has 0 unspecified atom stereocenters. The average Bonchev–Trinajstić information content (AvgIpc) is 1.32. The van der Waals surface area contributed by atoms with Crippen LogP contribution < -0.4 is 16.8 Å². The number of carbonyl (C=O) groups is 7. The van der Waals surface area contributed by atoms with Crippen molar-refractivity contribution in [2.75, 3.05) is 132 Å². The summed E-state index contributed by atoms with van der Waals surface area (Å²) >= 11 is 0. The molecule has 16 atom stereocenters. The van der Waals surface area contributed by atoms with Gasteiger partial charge < -0.3 is 97.9 Å². The molecule has 0 radical (unpaired) electrons. The Morgan fingerprint density at radius 3 is 2.17 bits per heavy atom. The zero-order chi connectivity index (χ0) is 91.4. The molecule has 2 bridgehead atoms. The highest BCUT2D eigenvalue weighted by Crippen LogP contribution is 2.41. The second-order valence-corrected chi connectivity index (χ2v) is 34.1. The summed E-state index contributed by atoms with van der Waals surface area (Å²) in [6, 6.07) is 4.26. The number of aromatic nitrogens is 8. The number of amides is 2. The quantitative estimate of drug-likeness (QED) is 0.0105. The number of methoxy groups -OCH3 is 4. The van der Waals surface area contributed by atoms with Crippen molar-refractivity contribution in [3.05, 3.63) is 84.0 Å². The number of benzene rings is 1. The summed E-state index contributed by atoms with van der Waals surface area (Å²) in [5, 5.41) is 41.1. The first-order chi connectivity index (χ1) is 61.2. The van der Waals surface area contributed by atoms with Crippen LogP contribution in [0.15, 0.2) is 82.7 Å². The van der Waals surface area contributed by atoms with E-state index in [4.69, 9.17) is 82.6 Å². The number of Topliss-reactive ketones (excluding diaryl/α,β-unsaturated/α-hetero) is 3. The van der Waals surface area contributed by atoms with E-state index in [1.165, 1.54) is 18.3 Å². The summed E-state index contributed by atoms with van der Waals surface area (Å²) in [6.45, 7) is 18.0. The van der Waals surface area contributed by atoms with Crippen molar-refractivity contribution in [2.24, 2.45) is 35.5 Å². The zero-order valence-electron chi connectivity index (χ0n) is 76.1. The van der Waals surface area contributed by atoms with Crippen LogP contribution in [0.2, 0.25) is 0 Å². The Kier molecular flexibility index (Phi) is 42.5. The minimum atomic E-state index is -2.46. The van der Waals surface area contributed by atoms with Gasteiger partial charge in [-0.25, -0.2) is 24.1 Å². The highest BCUT2D eigenvalue weighted by molar-refractivity contribution is 6.39. The lowest BCUT2D eigenvalue weighted by Crippen LogP contribution is -2.61. The number of ether oxygens (including phenoxy) is 13. The lowest BCUT2D eigenvalue weighted by molar-refractivity contribution is -0.265. The highest BCUT2D eigenvalue weighted by Gasteiger charge is 2.53. The third kappa shape index (κ3) is 31.0. The molecule has 2 amide bonds. The van der Waals surface area contributed by atoms with Gasteiger partial charge in [0.2, 0.25) is 11.7 Å². The molecule has 127 heavy (non-hydrogen) atoms. The van der Waals surface area contributed by atoms with E-state index in [0.717, 1.165) is 36.8 Å². The van der Waals surface area contributed by atoms with Gasteiger partial charge in [0, 0.05) is 117 Å². The molecule has 0 spiro atoms. The van der Waals surface area contributed by atoms with Crippen molar-refractivity contribution in [2.45, 2.75) is 251 Å². The normalized spacial score (nSPS) is 27.0. The van der Waals surface area contributed by atoms with Crippen LogP contribution in [0.5, 0.6) is 0 Å². The number of nitrogen functional groups attached to an aromatic ring is 2. The van der Waals surface area contributed by atoms with E-state index in [0.29, 0.717) is 208 Å². The second-order valence-electron chi connectivity index (χ2n) is 34.1. The highest BCUT2D eigenvalue weighted by atomic mass is 16.6. The smallest absolute Gasteiger partial charge is 0.329 e. The van der Waals surface area contributed by atoms with Crippen LogP contribution in [-0.2, 0) is 108 Å². The van der Waals surface area contributed by atoms with E-state index in [1.807, 2.05) is 87.9 Å². The molecule has 7 N–H and O–H groups in total. The minimum Gasteiger partial charge on any atom is -0.460 e. The SMILES string of the molecule is CO[C@H]1C[C@@H]2CC[C@@H](C)[C@@](O)(O2)C(=O)C(=O)N2CCCC[C@H]2C(=O)O[C@H]([C@H](C)C[C@@H]2CC[C@H](n3cc(COC(=O)CCCOCCOCCOCCC(=O)NCCOCCOCCOCCC(=O)CCCCCn4nc(-c5ccc6oc(N)nc6c5)c5c(N)ncnc54)nn3)[C@H](OC)C2)C[C@@H](OC)[C@H](C)/C=C(\C)[C@@H](O)[C@@H](OC)C(=O)[C@H](C)C[C@H](C)/C=C/C=C/C=C/1C. The van der Waals surface area contributed by atoms with Gasteiger partial charge in [-0.1, -0.05) is 82.7 Å². The van der Waals surface area contributed by atoms with Crippen molar-refractivity contribution >= 4 is 75.1 Å². The number of oxazole rings is 1. The Morgan fingerprint density at radius 1 is 0.724 bits per heavy atom. The number of fused-ring (bicyclic) bond motifs is 5. The minimum absolute atomic E-state index is 0.00774. The van der Waals surface area contributed by atoms with Crippen molar-refractivity contribution in [1.82, 2.24) is 49.9 Å². The standard InChI is InChI=1S/C92H138N12O23/c1-59-21-14-12-15-22-60(2)75(114-8)54-70-29-26-65(7)92(113,127-70)86(110)89(111)102-35-19-17-24-73(102)90(112)125-77(55-76(115-9)61(3)50-64(6)84(109)85(117-11)83(108)63(5)49-59)62(4)51-66-27-30-72(78(52-66)116-10)104-56-68(99-101-104)57-124-80(107)25-20-37-118-41-45-122-47-43-120-39-33-79(106)95-34-40-121-44-48-123-46-42-119-38-32-69(105)23-16-13-18-36-103-88-81(87(93)96-58-97-88)82(100-103)67-28-31-74-71(53-67)98-91(94)126-74/h12,14-15,21-22,28,31,50,53,56,58-59,61-63,65-66,70,72-73,75-78,84-85,109,113H,13,16-20,23-27,29-30,32-49,51-52,54-55,57H2,1-11H3,(H2,94,98)(H,95,106)(H2,93,96,97)/b15-12+,21-14+,60-22+,64-50+/t59-,61-,62-,63-,65-,66+,70+,72+,73+,75+,76-,77+,78-,84-,85+,92-/m1/s1. The molecule has 4 aliphatic rings. The number of nitrogens with zero attached hydrogens (tertiary/aromatic N) is 9. The van der Waals surface area contributed by atoms with E-state index in [1.54, 1.807) is 52.1 Å². The number of esters is 2. The molecule has 3 fully saturated rings. The van der Waals surface area contributed by atoms with E-state index >= 15 is 0 Å². The van der Waals surface area contributed by atoms with Crippen LogP contribution >= 0.6 is 0 Å². The number of aryl methyl sites for hydroxylation is 1. The Balaban J connectivity index is 0.620. The molecular formula is C92H138N12O23. The predicted molar refractivity (Wildman–Crippen MR) is 471 cm³/mol. The summed E-state index contributed by atoms with van der Waals surface area (Å²) in [6.07, 6.45) is 19.4. The molecule has 4 aromatic heterocycles. The first kappa shape index (κ1) is 102. The second kappa shape index (κ2) is 52.8. The van der Waals surface area contributed by atoms with E-state index in [2.05, 4.69) is 30.6 Å². The van der Waals surface area contributed by atoms with Gasteiger partial charge in [-0.15, -0.1) is 5.10 Å². The van der Waals surface area contributed by atoms with Gasteiger partial charge in [0.1, 0.15) is 65.8 Å². The summed E-state index contributed by atoms with van der Waals surface area (Å²) in [5.41, 5.74) is 17.1. The Bertz CT molecular complexity index is 4410. The largest absolute Gasteiger partial charge is 0.460 e. The topological polar surface area (TPSA) is 448 Å². The molecule has 9 rings (SSSR count). The molecule has 35 heteroatoms. The lowest BCUT2D eigenvalue weighted by atomic mass is 9.77. The van der Waals surface area contributed by atoms with E-state index in [9.17, 15) is 43.8 Å². The first-order valence-electron chi connectivity index (χ1n) is 45.2. The van der Waals surface area contributed by atoms with Gasteiger partial charge in [-0.3, -0.25) is 28.8 Å². The number of piperidine rings is 1. The maximum Gasteiger partial charge on any atom is 0.329 e. The summed E-state index contributed by atoms with van der Waals surface area (Å²) < 4.78 is 85.0. The number of hydrogen-bond donors (Lipinski definition) is 5. The van der Waals surface area contributed by atoms with Crippen LogP contribution in [0, 0.1) is 35.5 Å². The number of rotatable bonds is 42. The molecule has 2 saturated heterocycles. The molecular weight excluding hydrogens is 1640 g/mol. The molecule has 1 aliphatic carbocycles. The van der Waals surface area contributed by atoms with Crippen molar-refractivity contribution in [3.8, 4) is 11.3 Å². The van der Waals surface area contributed by atoms with Gasteiger partial charge in [0.25, 0.3) is 17.7 Å².